The van der Waals surface area contributed by atoms with Crippen LogP contribution in [0, 0.1) is 20.3 Å². The first-order valence-corrected chi connectivity index (χ1v) is 5.72. The number of carbonyl (C=O) groups excluding carboxylic acids is 1. The first-order valence-electron chi connectivity index (χ1n) is 4.65. The lowest BCUT2D eigenvalue weighted by atomic mass is 10.1. The Bertz CT molecular complexity index is 446. The molecule has 0 aromatic heterocycles. The van der Waals surface area contributed by atoms with Crippen LogP contribution in [0.25, 0.3) is 0 Å². The molecule has 1 N–H and O–H groups in total. The van der Waals surface area contributed by atoms with E-state index in [0.717, 1.165) is 9.26 Å². The molecule has 0 radical (unpaired) electrons. The van der Waals surface area contributed by atoms with Gasteiger partial charge in [-0.25, -0.2) is 0 Å². The summed E-state index contributed by atoms with van der Waals surface area (Å²) >= 11 is 2.18. The van der Waals surface area contributed by atoms with E-state index < -0.39 is 5.41 Å². The Labute approximate surface area is 102 Å². The molecule has 1 saturated carbocycles. The summed E-state index contributed by atoms with van der Waals surface area (Å²) in [6, 6.07) is 9.61. The zero-order valence-electron chi connectivity index (χ0n) is 7.96. The summed E-state index contributed by atoms with van der Waals surface area (Å²) in [7, 11) is 0. The topological polar surface area (TPSA) is 52.9 Å². The largest absolute Gasteiger partial charge is 0.325 e. The highest BCUT2D eigenvalue weighted by atomic mass is 127. The molecule has 1 amide bonds. The van der Waals surface area contributed by atoms with Crippen LogP contribution < -0.4 is 5.32 Å². The van der Waals surface area contributed by atoms with Gasteiger partial charge in [-0.2, -0.15) is 5.26 Å². The number of rotatable bonds is 2. The minimum atomic E-state index is -0.749. The summed E-state index contributed by atoms with van der Waals surface area (Å²) in [6.45, 7) is 0. The predicted molar refractivity (Wildman–Crippen MR) is 65.1 cm³/mol. The Morgan fingerprint density at radius 3 is 2.80 bits per heavy atom. The van der Waals surface area contributed by atoms with Crippen molar-refractivity contribution in [1.29, 1.82) is 5.26 Å². The number of nitrogens with one attached hydrogen (secondary N) is 1. The third-order valence-corrected chi connectivity index (χ3v) is 3.15. The van der Waals surface area contributed by atoms with Crippen LogP contribution in [0.4, 0.5) is 5.69 Å². The van der Waals surface area contributed by atoms with E-state index in [1.54, 1.807) is 0 Å². The monoisotopic (exact) mass is 312 g/mol. The second-order valence-electron chi connectivity index (χ2n) is 3.66. The van der Waals surface area contributed by atoms with Crippen molar-refractivity contribution in [2.45, 2.75) is 12.8 Å². The van der Waals surface area contributed by atoms with Crippen molar-refractivity contribution in [2.75, 3.05) is 5.32 Å². The second kappa shape index (κ2) is 3.81. The summed E-state index contributed by atoms with van der Waals surface area (Å²) in [5, 5.41) is 11.6. The van der Waals surface area contributed by atoms with Gasteiger partial charge in [-0.15, -0.1) is 0 Å². The predicted octanol–water partition coefficient (Wildman–Crippen LogP) is 2.53. The molecule has 3 nitrogen and oxygen atoms in total. The second-order valence-corrected chi connectivity index (χ2v) is 4.90. The van der Waals surface area contributed by atoms with Crippen LogP contribution in [0.3, 0.4) is 0 Å². The molecule has 15 heavy (non-hydrogen) atoms. The van der Waals surface area contributed by atoms with Crippen molar-refractivity contribution in [2.24, 2.45) is 5.41 Å². The number of benzene rings is 1. The van der Waals surface area contributed by atoms with Gasteiger partial charge < -0.3 is 5.32 Å². The maximum Gasteiger partial charge on any atom is 0.244 e. The molecule has 0 saturated heterocycles. The number of halogens is 1. The summed E-state index contributed by atoms with van der Waals surface area (Å²) in [6.07, 6.45) is 1.36. The molecule has 0 bridgehead atoms. The van der Waals surface area contributed by atoms with E-state index in [9.17, 15) is 4.79 Å². The van der Waals surface area contributed by atoms with E-state index in [0.29, 0.717) is 12.8 Å². The van der Waals surface area contributed by atoms with Gasteiger partial charge in [0.1, 0.15) is 5.41 Å². The maximum atomic E-state index is 11.7. The zero-order valence-corrected chi connectivity index (χ0v) is 10.1. The Hall–Kier alpha value is -1.09. The average molecular weight is 312 g/mol. The number of nitriles is 1. The number of amides is 1. The van der Waals surface area contributed by atoms with Crippen LogP contribution in [0.1, 0.15) is 12.8 Å². The molecule has 0 heterocycles. The maximum absolute atomic E-state index is 11.7. The van der Waals surface area contributed by atoms with E-state index >= 15 is 0 Å². The third-order valence-electron chi connectivity index (χ3n) is 2.48. The van der Waals surface area contributed by atoms with E-state index in [-0.39, 0.29) is 5.91 Å². The number of nitrogens with zero attached hydrogens (tertiary/aromatic N) is 1. The van der Waals surface area contributed by atoms with Crippen molar-refractivity contribution in [1.82, 2.24) is 0 Å². The molecule has 1 aliphatic rings. The number of hydrogen-bond donors (Lipinski definition) is 1. The SMILES string of the molecule is N#CC1(C(=O)Nc2cccc(I)c2)CC1. The van der Waals surface area contributed by atoms with Crippen molar-refractivity contribution in [3.8, 4) is 6.07 Å². The molecule has 76 valence electrons. The van der Waals surface area contributed by atoms with E-state index in [1.165, 1.54) is 0 Å². The highest BCUT2D eigenvalue weighted by Crippen LogP contribution is 2.45. The molecule has 0 atom stereocenters. The molecule has 1 aromatic carbocycles. The number of carbonyl (C=O) groups is 1. The fourth-order valence-electron chi connectivity index (χ4n) is 1.33. The van der Waals surface area contributed by atoms with Gasteiger partial charge in [0, 0.05) is 9.26 Å². The standard InChI is InChI=1S/C11H9IN2O/c12-8-2-1-3-9(6-8)14-10(15)11(7-13)4-5-11/h1-3,6H,4-5H2,(H,14,15). The van der Waals surface area contributed by atoms with Gasteiger partial charge in [0.2, 0.25) is 5.91 Å². The molecule has 2 rings (SSSR count). The van der Waals surface area contributed by atoms with Gasteiger partial charge in [-0.05, 0) is 53.6 Å². The molecular weight excluding hydrogens is 303 g/mol. The van der Waals surface area contributed by atoms with Gasteiger partial charge in [0.15, 0.2) is 0 Å². The van der Waals surface area contributed by atoms with E-state index in [1.807, 2.05) is 24.3 Å². The van der Waals surface area contributed by atoms with Crippen molar-refractivity contribution in [3.63, 3.8) is 0 Å². The minimum Gasteiger partial charge on any atom is -0.325 e. The zero-order chi connectivity index (χ0) is 10.9. The van der Waals surface area contributed by atoms with Crippen LogP contribution in [0.15, 0.2) is 24.3 Å². The first kappa shape index (κ1) is 10.4. The third kappa shape index (κ3) is 2.12. The van der Waals surface area contributed by atoms with Gasteiger partial charge >= 0.3 is 0 Å². The highest BCUT2D eigenvalue weighted by Gasteiger charge is 2.50. The summed E-state index contributed by atoms with van der Waals surface area (Å²) in [4.78, 5) is 11.7. The van der Waals surface area contributed by atoms with E-state index in [2.05, 4.69) is 34.0 Å². The smallest absolute Gasteiger partial charge is 0.244 e. The van der Waals surface area contributed by atoms with Crippen LogP contribution in [-0.2, 0) is 4.79 Å². The minimum absolute atomic E-state index is 0.174. The van der Waals surface area contributed by atoms with Gasteiger partial charge in [0.05, 0.1) is 6.07 Å². The van der Waals surface area contributed by atoms with Crippen LogP contribution >= 0.6 is 22.6 Å². The molecule has 1 aromatic rings. The summed E-state index contributed by atoms with van der Waals surface area (Å²) in [5.41, 5.74) is 0.00907. The van der Waals surface area contributed by atoms with Crippen LogP contribution in [0.5, 0.6) is 0 Å². The van der Waals surface area contributed by atoms with Gasteiger partial charge in [-0.3, -0.25) is 4.79 Å². The normalized spacial score (nSPS) is 16.5. The molecule has 0 spiro atoms. The molecule has 1 fully saturated rings. The van der Waals surface area contributed by atoms with Crippen LogP contribution in [0.2, 0.25) is 0 Å². The molecule has 1 aliphatic carbocycles. The van der Waals surface area contributed by atoms with Crippen LogP contribution in [-0.4, -0.2) is 5.91 Å². The highest BCUT2D eigenvalue weighted by molar-refractivity contribution is 14.1. The van der Waals surface area contributed by atoms with Crippen molar-refractivity contribution < 1.29 is 4.79 Å². The summed E-state index contributed by atoms with van der Waals surface area (Å²) in [5.74, 6) is -0.174. The lowest BCUT2D eigenvalue weighted by molar-refractivity contribution is -0.119. The fourth-order valence-corrected chi connectivity index (χ4v) is 1.87. The first-order chi connectivity index (χ1) is 7.16. The average Bonchev–Trinajstić information content (AvgIpc) is 2.98. The quantitative estimate of drug-likeness (QED) is 0.853. The van der Waals surface area contributed by atoms with Crippen molar-refractivity contribution >= 4 is 34.2 Å². The number of hydrogen-bond acceptors (Lipinski definition) is 2. The Balaban J connectivity index is 2.10. The Morgan fingerprint density at radius 1 is 1.53 bits per heavy atom. The fraction of sp³-hybridized carbons (Fsp3) is 0.273. The lowest BCUT2D eigenvalue weighted by Gasteiger charge is -2.07. The van der Waals surface area contributed by atoms with Crippen molar-refractivity contribution in [3.05, 3.63) is 27.8 Å². The lowest BCUT2D eigenvalue weighted by Crippen LogP contribution is -2.22. The van der Waals surface area contributed by atoms with Gasteiger partial charge in [0.25, 0.3) is 0 Å². The molecule has 0 aliphatic heterocycles. The van der Waals surface area contributed by atoms with E-state index in [4.69, 9.17) is 5.26 Å². The Kier molecular flexibility index (Phi) is 2.65. The molecule has 4 heteroatoms. The summed E-state index contributed by atoms with van der Waals surface area (Å²) < 4.78 is 1.06. The molecular formula is C11H9IN2O. The molecule has 0 unspecified atom stereocenters. The van der Waals surface area contributed by atoms with Gasteiger partial charge in [-0.1, -0.05) is 6.07 Å². The number of anilines is 1. The Morgan fingerprint density at radius 2 is 2.27 bits per heavy atom.